The quantitative estimate of drug-likeness (QED) is 0.611. The van der Waals surface area contributed by atoms with E-state index in [1.54, 1.807) is 18.3 Å². The standard InChI is InChI=1S/C18H19BrN2O2/c1-13(2)15-8-6-14(7-9-15)11-20-21-18(22)12-23-17-5-3-4-16(19)10-17/h3-11,13H,12H2,1-2H3,(H,21,22)/b20-11-. The number of amides is 1. The Labute approximate surface area is 144 Å². The Morgan fingerprint density at radius 1 is 1.26 bits per heavy atom. The van der Waals surface area contributed by atoms with Crippen LogP contribution in [0.25, 0.3) is 0 Å². The zero-order chi connectivity index (χ0) is 16.7. The highest BCUT2D eigenvalue weighted by molar-refractivity contribution is 9.10. The second-order valence-corrected chi connectivity index (χ2v) is 6.28. The number of hydrazone groups is 1. The molecule has 0 aliphatic rings. The minimum atomic E-state index is -0.306. The van der Waals surface area contributed by atoms with Gasteiger partial charge in [0.25, 0.3) is 5.91 Å². The number of hydrogen-bond acceptors (Lipinski definition) is 3. The fourth-order valence-corrected chi connectivity index (χ4v) is 2.26. The molecule has 0 heterocycles. The maximum Gasteiger partial charge on any atom is 0.277 e. The van der Waals surface area contributed by atoms with Gasteiger partial charge in [0.05, 0.1) is 6.21 Å². The number of benzene rings is 2. The molecule has 5 heteroatoms. The van der Waals surface area contributed by atoms with E-state index in [-0.39, 0.29) is 12.5 Å². The van der Waals surface area contributed by atoms with Crippen LogP contribution in [0.2, 0.25) is 0 Å². The SMILES string of the molecule is CC(C)c1ccc(/C=N\NC(=O)COc2cccc(Br)c2)cc1. The molecule has 0 saturated heterocycles. The molecule has 0 saturated carbocycles. The minimum Gasteiger partial charge on any atom is -0.484 e. The molecule has 0 spiro atoms. The molecule has 2 rings (SSSR count). The zero-order valence-corrected chi connectivity index (χ0v) is 14.7. The summed E-state index contributed by atoms with van der Waals surface area (Å²) in [5.74, 6) is 0.818. The van der Waals surface area contributed by atoms with Crippen molar-refractivity contribution in [3.63, 3.8) is 0 Å². The number of nitrogens with one attached hydrogen (secondary N) is 1. The summed E-state index contributed by atoms with van der Waals surface area (Å²) in [7, 11) is 0. The maximum absolute atomic E-state index is 11.7. The van der Waals surface area contributed by atoms with Crippen LogP contribution in [0, 0.1) is 0 Å². The minimum absolute atomic E-state index is 0.0833. The number of nitrogens with zero attached hydrogens (tertiary/aromatic N) is 1. The largest absolute Gasteiger partial charge is 0.484 e. The lowest BCUT2D eigenvalue weighted by Crippen LogP contribution is -2.24. The van der Waals surface area contributed by atoms with Crippen LogP contribution >= 0.6 is 15.9 Å². The van der Waals surface area contributed by atoms with Gasteiger partial charge in [-0.3, -0.25) is 4.79 Å². The summed E-state index contributed by atoms with van der Waals surface area (Å²) in [5, 5.41) is 3.93. The van der Waals surface area contributed by atoms with Gasteiger partial charge >= 0.3 is 0 Å². The van der Waals surface area contributed by atoms with Crippen molar-refractivity contribution in [3.05, 3.63) is 64.1 Å². The van der Waals surface area contributed by atoms with Crippen molar-refractivity contribution in [2.45, 2.75) is 19.8 Å². The van der Waals surface area contributed by atoms with Gasteiger partial charge in [-0.05, 0) is 35.2 Å². The number of carbonyl (C=O) groups is 1. The third-order valence-electron chi connectivity index (χ3n) is 3.17. The molecule has 2 aromatic rings. The molecule has 0 radical (unpaired) electrons. The molecule has 120 valence electrons. The molecule has 0 bridgehead atoms. The first kappa shape index (κ1) is 17.2. The van der Waals surface area contributed by atoms with Crippen LogP contribution in [-0.4, -0.2) is 18.7 Å². The highest BCUT2D eigenvalue weighted by Gasteiger charge is 2.02. The van der Waals surface area contributed by atoms with E-state index in [2.05, 4.69) is 52.4 Å². The predicted octanol–water partition coefficient (Wildman–Crippen LogP) is 4.10. The summed E-state index contributed by atoms with van der Waals surface area (Å²) in [6.07, 6.45) is 1.61. The van der Waals surface area contributed by atoms with Gasteiger partial charge in [0.2, 0.25) is 0 Å². The Kier molecular flexibility index (Phi) is 6.35. The van der Waals surface area contributed by atoms with E-state index < -0.39 is 0 Å². The van der Waals surface area contributed by atoms with E-state index >= 15 is 0 Å². The van der Waals surface area contributed by atoms with Gasteiger partial charge in [0.15, 0.2) is 6.61 Å². The lowest BCUT2D eigenvalue weighted by Gasteiger charge is -2.05. The lowest BCUT2D eigenvalue weighted by molar-refractivity contribution is -0.123. The Hall–Kier alpha value is -2.14. The Morgan fingerprint density at radius 3 is 2.65 bits per heavy atom. The summed E-state index contributed by atoms with van der Waals surface area (Å²) in [6, 6.07) is 15.4. The fourth-order valence-electron chi connectivity index (χ4n) is 1.88. The van der Waals surface area contributed by atoms with Gasteiger partial charge in [0.1, 0.15) is 5.75 Å². The third-order valence-corrected chi connectivity index (χ3v) is 3.67. The van der Waals surface area contributed by atoms with Gasteiger partial charge in [-0.25, -0.2) is 5.43 Å². The second-order valence-electron chi connectivity index (χ2n) is 5.36. The second kappa shape index (κ2) is 8.48. The summed E-state index contributed by atoms with van der Waals surface area (Å²) in [4.78, 5) is 11.7. The van der Waals surface area contributed by atoms with E-state index in [9.17, 15) is 4.79 Å². The normalized spacial score (nSPS) is 11.0. The molecule has 0 atom stereocenters. The number of halogens is 1. The van der Waals surface area contributed by atoms with Crippen LogP contribution in [0.5, 0.6) is 5.75 Å². The maximum atomic E-state index is 11.7. The summed E-state index contributed by atoms with van der Waals surface area (Å²) < 4.78 is 6.28. The Bertz CT molecular complexity index is 682. The monoisotopic (exact) mass is 374 g/mol. The first-order valence-electron chi connectivity index (χ1n) is 7.35. The van der Waals surface area contributed by atoms with Crippen LogP contribution in [0.3, 0.4) is 0 Å². The Balaban J connectivity index is 1.79. The molecule has 0 aliphatic heterocycles. The highest BCUT2D eigenvalue weighted by Crippen LogP contribution is 2.17. The first-order chi connectivity index (χ1) is 11.0. The molecule has 2 aromatic carbocycles. The lowest BCUT2D eigenvalue weighted by atomic mass is 10.0. The summed E-state index contributed by atoms with van der Waals surface area (Å²) in [6.45, 7) is 4.21. The molecule has 4 nitrogen and oxygen atoms in total. The molecule has 0 aromatic heterocycles. The van der Waals surface area contributed by atoms with Gasteiger partial charge < -0.3 is 4.74 Å². The van der Waals surface area contributed by atoms with Crippen LogP contribution in [-0.2, 0) is 4.79 Å². The average Bonchev–Trinajstić information content (AvgIpc) is 2.53. The summed E-state index contributed by atoms with van der Waals surface area (Å²) >= 11 is 3.35. The van der Waals surface area contributed by atoms with Crippen LogP contribution in [0.4, 0.5) is 0 Å². The molecule has 1 N–H and O–H groups in total. The van der Waals surface area contributed by atoms with Crippen molar-refractivity contribution in [1.82, 2.24) is 5.43 Å². The number of ether oxygens (including phenoxy) is 1. The fraction of sp³-hybridized carbons (Fsp3) is 0.222. The van der Waals surface area contributed by atoms with Gasteiger partial charge in [-0.1, -0.05) is 60.1 Å². The average molecular weight is 375 g/mol. The van der Waals surface area contributed by atoms with Gasteiger partial charge in [-0.15, -0.1) is 0 Å². The number of carbonyl (C=O) groups excluding carboxylic acids is 1. The molecular weight excluding hydrogens is 356 g/mol. The van der Waals surface area contributed by atoms with Crippen molar-refractivity contribution in [1.29, 1.82) is 0 Å². The van der Waals surface area contributed by atoms with Crippen molar-refractivity contribution in [2.75, 3.05) is 6.61 Å². The van der Waals surface area contributed by atoms with Crippen LogP contribution < -0.4 is 10.2 Å². The van der Waals surface area contributed by atoms with Crippen molar-refractivity contribution >= 4 is 28.1 Å². The topological polar surface area (TPSA) is 50.7 Å². The molecular formula is C18H19BrN2O2. The van der Waals surface area contributed by atoms with Crippen molar-refractivity contribution in [3.8, 4) is 5.75 Å². The molecule has 0 unspecified atom stereocenters. The van der Waals surface area contributed by atoms with E-state index in [0.717, 1.165) is 10.0 Å². The van der Waals surface area contributed by atoms with E-state index in [4.69, 9.17) is 4.74 Å². The van der Waals surface area contributed by atoms with E-state index in [1.807, 2.05) is 24.3 Å². The van der Waals surface area contributed by atoms with Gasteiger partial charge in [-0.2, -0.15) is 5.10 Å². The third kappa shape index (κ3) is 5.87. The van der Waals surface area contributed by atoms with Crippen molar-refractivity contribution < 1.29 is 9.53 Å². The number of rotatable bonds is 6. The van der Waals surface area contributed by atoms with E-state index in [1.165, 1.54) is 5.56 Å². The molecule has 0 fully saturated rings. The zero-order valence-electron chi connectivity index (χ0n) is 13.1. The molecule has 0 aliphatic carbocycles. The Morgan fingerprint density at radius 2 is 2.00 bits per heavy atom. The highest BCUT2D eigenvalue weighted by atomic mass is 79.9. The number of hydrogen-bond donors (Lipinski definition) is 1. The molecule has 23 heavy (non-hydrogen) atoms. The predicted molar refractivity (Wildman–Crippen MR) is 95.9 cm³/mol. The van der Waals surface area contributed by atoms with Crippen LogP contribution in [0.1, 0.15) is 30.9 Å². The molecule has 1 amide bonds. The first-order valence-corrected chi connectivity index (χ1v) is 8.14. The van der Waals surface area contributed by atoms with Crippen molar-refractivity contribution in [2.24, 2.45) is 5.10 Å². The van der Waals surface area contributed by atoms with E-state index in [0.29, 0.717) is 11.7 Å². The van der Waals surface area contributed by atoms with Gasteiger partial charge in [0, 0.05) is 4.47 Å². The smallest absolute Gasteiger partial charge is 0.277 e. The van der Waals surface area contributed by atoms with Crippen LogP contribution in [0.15, 0.2) is 58.1 Å². The summed E-state index contributed by atoms with van der Waals surface area (Å²) in [5.41, 5.74) is 4.65.